The Hall–Kier alpha value is -0.0900. The summed E-state index contributed by atoms with van der Waals surface area (Å²) in [5.74, 6) is 0.468. The number of rotatable bonds is 3. The van der Waals surface area contributed by atoms with Gasteiger partial charge in [-0.15, -0.1) is 0 Å². The molecule has 1 aliphatic heterocycles. The Labute approximate surface area is 103 Å². The van der Waals surface area contributed by atoms with Crippen LogP contribution in [-0.2, 0) is 6.54 Å². The third-order valence-corrected chi connectivity index (χ3v) is 3.91. The number of hydrogen-bond donors (Lipinski definition) is 1. The van der Waals surface area contributed by atoms with Gasteiger partial charge in [0.25, 0.3) is 0 Å². The van der Waals surface area contributed by atoms with Crippen molar-refractivity contribution in [3.63, 3.8) is 0 Å². The predicted molar refractivity (Wildman–Crippen MR) is 65.0 cm³/mol. The smallest absolute Gasteiger partial charge is 0.0551 e. The third kappa shape index (κ3) is 2.72. The minimum absolute atomic E-state index is 0.303. The van der Waals surface area contributed by atoms with Crippen LogP contribution in [0.15, 0.2) is 22.7 Å². The molecule has 15 heavy (non-hydrogen) atoms. The van der Waals surface area contributed by atoms with Crippen molar-refractivity contribution in [1.29, 1.82) is 0 Å². The second-order valence-electron chi connectivity index (χ2n) is 3.99. The first-order valence-electron chi connectivity index (χ1n) is 4.96. The van der Waals surface area contributed by atoms with E-state index in [4.69, 9.17) is 16.7 Å². The van der Waals surface area contributed by atoms with E-state index in [1.165, 1.54) is 5.56 Å². The fraction of sp³-hybridized carbons (Fsp3) is 0.455. The molecule has 2 nitrogen and oxygen atoms in total. The van der Waals surface area contributed by atoms with Crippen molar-refractivity contribution >= 4 is 27.5 Å². The first kappa shape index (κ1) is 11.4. The Morgan fingerprint density at radius 2 is 2.20 bits per heavy atom. The molecule has 1 N–H and O–H groups in total. The first-order valence-corrected chi connectivity index (χ1v) is 6.13. The van der Waals surface area contributed by atoms with Crippen LogP contribution in [0.25, 0.3) is 0 Å². The maximum atomic E-state index is 8.90. The summed E-state index contributed by atoms with van der Waals surface area (Å²) in [6, 6.07) is 6.03. The number of hydrogen-bond acceptors (Lipinski definition) is 2. The second kappa shape index (κ2) is 4.83. The van der Waals surface area contributed by atoms with Gasteiger partial charge in [-0.05, 0) is 33.6 Å². The lowest BCUT2D eigenvalue weighted by molar-refractivity contribution is 0.0479. The predicted octanol–water partition coefficient (Wildman–Crippen LogP) is 2.53. The number of benzene rings is 1. The van der Waals surface area contributed by atoms with E-state index >= 15 is 0 Å². The Balaban J connectivity index is 1.92. The van der Waals surface area contributed by atoms with Crippen molar-refractivity contribution in [2.24, 2.45) is 5.92 Å². The highest BCUT2D eigenvalue weighted by Gasteiger charge is 2.25. The Morgan fingerprint density at radius 3 is 2.80 bits per heavy atom. The largest absolute Gasteiger partial charge is 0.396 e. The van der Waals surface area contributed by atoms with Gasteiger partial charge in [0.05, 0.1) is 5.02 Å². The van der Waals surface area contributed by atoms with E-state index in [9.17, 15) is 0 Å². The van der Waals surface area contributed by atoms with E-state index in [2.05, 4.69) is 26.9 Å². The molecule has 0 radical (unpaired) electrons. The molecule has 1 aliphatic rings. The molecular formula is C11H13BrClNO. The summed E-state index contributed by atoms with van der Waals surface area (Å²) in [4.78, 5) is 2.31. The SMILES string of the molecule is OCC1CN(Cc2ccc(Br)c(Cl)c2)C1. The first-order chi connectivity index (χ1) is 7.19. The van der Waals surface area contributed by atoms with Gasteiger partial charge in [-0.3, -0.25) is 4.90 Å². The van der Waals surface area contributed by atoms with Crippen molar-refractivity contribution < 1.29 is 5.11 Å². The highest BCUT2D eigenvalue weighted by molar-refractivity contribution is 9.10. The molecule has 1 aromatic rings. The van der Waals surface area contributed by atoms with Gasteiger partial charge in [0, 0.05) is 36.6 Å². The molecule has 82 valence electrons. The molecule has 0 saturated carbocycles. The number of halogens is 2. The lowest BCUT2D eigenvalue weighted by atomic mass is 10.0. The molecule has 0 atom stereocenters. The van der Waals surface area contributed by atoms with E-state index in [0.29, 0.717) is 12.5 Å². The fourth-order valence-electron chi connectivity index (χ4n) is 1.82. The van der Waals surface area contributed by atoms with Crippen LogP contribution in [0, 0.1) is 5.92 Å². The minimum atomic E-state index is 0.303. The zero-order chi connectivity index (χ0) is 10.8. The molecule has 0 unspecified atom stereocenters. The molecule has 1 fully saturated rings. The summed E-state index contributed by atoms with van der Waals surface area (Å²) in [7, 11) is 0. The average Bonchev–Trinajstić information content (AvgIpc) is 2.16. The Bertz CT molecular complexity index is 352. The van der Waals surface area contributed by atoms with Gasteiger partial charge in [0.15, 0.2) is 0 Å². The monoisotopic (exact) mass is 289 g/mol. The zero-order valence-corrected chi connectivity index (χ0v) is 10.6. The van der Waals surface area contributed by atoms with E-state index in [0.717, 1.165) is 29.1 Å². The molecule has 0 aliphatic carbocycles. The van der Waals surface area contributed by atoms with Gasteiger partial charge in [-0.1, -0.05) is 17.7 Å². The van der Waals surface area contributed by atoms with Gasteiger partial charge >= 0.3 is 0 Å². The average molecular weight is 291 g/mol. The lowest BCUT2D eigenvalue weighted by Crippen LogP contribution is -2.47. The molecule has 0 spiro atoms. The molecule has 0 amide bonds. The van der Waals surface area contributed by atoms with Crippen LogP contribution >= 0.6 is 27.5 Å². The van der Waals surface area contributed by atoms with Gasteiger partial charge in [0.1, 0.15) is 0 Å². The minimum Gasteiger partial charge on any atom is -0.396 e. The molecule has 1 aromatic carbocycles. The summed E-state index contributed by atoms with van der Waals surface area (Å²) < 4.78 is 0.935. The van der Waals surface area contributed by atoms with Crippen LogP contribution in [0.4, 0.5) is 0 Å². The molecule has 1 saturated heterocycles. The van der Waals surface area contributed by atoms with Crippen molar-refractivity contribution in [3.05, 3.63) is 33.3 Å². The number of likely N-dealkylation sites (tertiary alicyclic amines) is 1. The summed E-state index contributed by atoms with van der Waals surface area (Å²) >= 11 is 9.38. The second-order valence-corrected chi connectivity index (χ2v) is 5.25. The van der Waals surface area contributed by atoms with Crippen LogP contribution < -0.4 is 0 Å². The molecular weight excluding hydrogens is 277 g/mol. The summed E-state index contributed by atoms with van der Waals surface area (Å²) in [5, 5.41) is 9.65. The third-order valence-electron chi connectivity index (χ3n) is 2.68. The zero-order valence-electron chi connectivity index (χ0n) is 8.29. The molecule has 4 heteroatoms. The van der Waals surface area contributed by atoms with Crippen LogP contribution in [0.5, 0.6) is 0 Å². The maximum absolute atomic E-state index is 8.90. The summed E-state index contributed by atoms with van der Waals surface area (Å²) in [5.41, 5.74) is 1.22. The van der Waals surface area contributed by atoms with E-state index in [-0.39, 0.29) is 0 Å². The van der Waals surface area contributed by atoms with E-state index in [1.54, 1.807) is 0 Å². The molecule has 0 bridgehead atoms. The highest BCUT2D eigenvalue weighted by Crippen LogP contribution is 2.25. The topological polar surface area (TPSA) is 23.5 Å². The van der Waals surface area contributed by atoms with Crippen LogP contribution in [0.1, 0.15) is 5.56 Å². The van der Waals surface area contributed by atoms with Gasteiger partial charge < -0.3 is 5.11 Å². The Kier molecular flexibility index (Phi) is 3.67. The van der Waals surface area contributed by atoms with Crippen molar-refractivity contribution in [3.8, 4) is 0 Å². The Morgan fingerprint density at radius 1 is 1.47 bits per heavy atom. The van der Waals surface area contributed by atoms with E-state index in [1.807, 2.05) is 12.1 Å². The molecule has 0 aromatic heterocycles. The van der Waals surface area contributed by atoms with Gasteiger partial charge in [-0.2, -0.15) is 0 Å². The van der Waals surface area contributed by atoms with Gasteiger partial charge in [-0.25, -0.2) is 0 Å². The number of aliphatic hydroxyl groups excluding tert-OH is 1. The van der Waals surface area contributed by atoms with Crippen LogP contribution in [0.2, 0.25) is 5.02 Å². The highest BCUT2D eigenvalue weighted by atomic mass is 79.9. The number of nitrogens with zero attached hydrogens (tertiary/aromatic N) is 1. The molecule has 1 heterocycles. The summed E-state index contributed by atoms with van der Waals surface area (Å²) in [6.07, 6.45) is 0. The van der Waals surface area contributed by atoms with Crippen molar-refractivity contribution in [2.75, 3.05) is 19.7 Å². The van der Waals surface area contributed by atoms with Crippen LogP contribution in [-0.4, -0.2) is 29.7 Å². The van der Waals surface area contributed by atoms with Crippen molar-refractivity contribution in [1.82, 2.24) is 4.90 Å². The summed E-state index contributed by atoms with van der Waals surface area (Å²) in [6.45, 7) is 3.20. The standard InChI is InChI=1S/C11H13BrClNO/c12-10-2-1-8(3-11(10)13)4-14-5-9(6-14)7-15/h1-3,9,15H,4-7H2. The lowest BCUT2D eigenvalue weighted by Gasteiger charge is -2.38. The van der Waals surface area contributed by atoms with Crippen LogP contribution in [0.3, 0.4) is 0 Å². The quantitative estimate of drug-likeness (QED) is 0.925. The molecule has 2 rings (SSSR count). The normalized spacial score (nSPS) is 17.8. The van der Waals surface area contributed by atoms with Crippen molar-refractivity contribution in [2.45, 2.75) is 6.54 Å². The number of aliphatic hydroxyl groups is 1. The fourth-order valence-corrected chi connectivity index (χ4v) is 2.27. The van der Waals surface area contributed by atoms with E-state index < -0.39 is 0 Å². The van der Waals surface area contributed by atoms with Gasteiger partial charge in [0.2, 0.25) is 0 Å². The maximum Gasteiger partial charge on any atom is 0.0551 e.